The van der Waals surface area contributed by atoms with Gasteiger partial charge in [-0.15, -0.1) is 13.1 Å². The molecule has 8 heteroatoms. The van der Waals surface area contributed by atoms with Gasteiger partial charge in [-0.1, -0.05) is 32.4 Å². The van der Waals surface area contributed by atoms with Gasteiger partial charge < -0.3 is 37.5 Å². The van der Waals surface area contributed by atoms with Gasteiger partial charge in [0.25, 0.3) is 5.91 Å². The van der Waals surface area contributed by atoms with Crippen LogP contribution in [0.5, 0.6) is 5.75 Å². The second kappa shape index (κ2) is 20.0. The maximum Gasteiger partial charge on any atom is 1.00 e. The zero-order valence-corrected chi connectivity index (χ0v) is 26.7. The van der Waals surface area contributed by atoms with Crippen LogP contribution < -0.4 is 61.4 Å². The Balaban J connectivity index is 0.000000616. The Kier molecular flexibility index (Phi) is 20.0. The molecule has 3 aliphatic rings. The minimum absolute atomic E-state index is 0. The molecule has 0 bridgehead atoms. The van der Waals surface area contributed by atoms with Crippen molar-refractivity contribution in [3.05, 3.63) is 42.1 Å². The molecule has 0 saturated carbocycles. The molecule has 1 amide bonds. The van der Waals surface area contributed by atoms with Gasteiger partial charge in [0.1, 0.15) is 5.75 Å². The third-order valence-corrected chi connectivity index (χ3v) is 6.29. The zero-order valence-electron chi connectivity index (χ0n) is 23.6. The number of carbonyl (C=O) groups is 1. The van der Waals surface area contributed by atoms with E-state index in [-0.39, 0.29) is 71.3 Å². The first kappa shape index (κ1) is 35.0. The predicted molar refractivity (Wildman–Crippen MR) is 144 cm³/mol. The molecule has 7 nitrogen and oxygen atoms in total. The van der Waals surface area contributed by atoms with Crippen molar-refractivity contribution in [3.63, 3.8) is 0 Å². The summed E-state index contributed by atoms with van der Waals surface area (Å²) in [6.45, 7) is 20.2. The Hall–Kier alpha value is -0.0336. The molecule has 0 spiro atoms. The number of aryl methyl sites for hydroxylation is 1. The van der Waals surface area contributed by atoms with Crippen molar-refractivity contribution in [2.75, 3.05) is 85.6 Å². The van der Waals surface area contributed by atoms with Crippen LogP contribution in [0, 0.1) is 27.2 Å². The van der Waals surface area contributed by atoms with Crippen LogP contribution in [0.15, 0.2) is 18.2 Å². The number of amides is 1. The molecule has 0 aromatic heterocycles. The van der Waals surface area contributed by atoms with Crippen LogP contribution >= 0.6 is 0 Å². The van der Waals surface area contributed by atoms with E-state index in [0.29, 0.717) is 0 Å². The molecule has 3 aliphatic heterocycles. The number of carbonyl (C=O) groups excluding carboxylic acids is 1. The number of benzene rings is 1. The Morgan fingerprint density at radius 2 is 1.66 bits per heavy atom. The summed E-state index contributed by atoms with van der Waals surface area (Å²) in [6, 6.07) is 5.92. The summed E-state index contributed by atoms with van der Waals surface area (Å²) in [4.78, 5) is 18.7. The standard InChI is InChI=1S/C15H22N2O2.C8H16N3.C3H8.CH3.K/c1-12-5-4-6-14(13(12)2)19-11-15(18)17-9-7-16(3)8-10-17;1-3-11(4-2-9-1)7-8-5-10-6-8;1-3-2;;/h4-6H,7-11H2,1-3H3;8,10H,1-7H2;3H2,1-2H3;1H3;/q;-1;;-1;+1. The SMILES string of the molecule is C1CN(CC2CNC2)CC[N-]1.CCC.Cc1cccc(OCC(=O)N2CCN(C)CC2)c1C.[CH3-].[K+]. The molecule has 1 N–H and O–H groups in total. The third kappa shape index (κ3) is 13.4. The maximum atomic E-state index is 12.1. The Morgan fingerprint density at radius 1 is 1.06 bits per heavy atom. The summed E-state index contributed by atoms with van der Waals surface area (Å²) in [7, 11) is 2.08. The van der Waals surface area contributed by atoms with Crippen LogP contribution in [0.2, 0.25) is 0 Å². The number of hydrogen-bond acceptors (Lipinski definition) is 5. The molecular weight excluding hydrogens is 465 g/mol. The molecule has 3 heterocycles. The molecule has 1 aromatic rings. The van der Waals surface area contributed by atoms with Gasteiger partial charge in [-0.3, -0.25) is 4.79 Å². The summed E-state index contributed by atoms with van der Waals surface area (Å²) in [5, 5.41) is 7.62. The van der Waals surface area contributed by atoms with E-state index in [1.165, 1.54) is 44.7 Å². The predicted octanol–water partition coefficient (Wildman–Crippen LogP) is 0.222. The average Bonchev–Trinajstić information content (AvgIpc) is 2.79. The third-order valence-electron chi connectivity index (χ3n) is 6.29. The molecule has 0 aliphatic carbocycles. The number of piperazine rings is 2. The van der Waals surface area contributed by atoms with Gasteiger partial charge in [0.15, 0.2) is 6.61 Å². The van der Waals surface area contributed by atoms with E-state index in [1.807, 2.05) is 36.9 Å². The first-order valence-electron chi connectivity index (χ1n) is 12.7. The van der Waals surface area contributed by atoms with E-state index in [2.05, 4.69) is 41.3 Å². The molecule has 4 rings (SSSR count). The molecule has 0 unspecified atom stereocenters. The molecule has 3 fully saturated rings. The number of ether oxygens (including phenoxy) is 1. The van der Waals surface area contributed by atoms with Crippen LogP contribution in [0.1, 0.15) is 31.4 Å². The minimum atomic E-state index is 0. The van der Waals surface area contributed by atoms with Gasteiger partial charge in [-0.05, 0) is 57.1 Å². The topological polar surface area (TPSA) is 62.2 Å². The Bertz CT molecular complexity index is 688. The van der Waals surface area contributed by atoms with Crippen molar-refractivity contribution >= 4 is 5.91 Å². The molecule has 0 atom stereocenters. The first-order valence-corrected chi connectivity index (χ1v) is 12.7. The number of nitrogens with one attached hydrogen (secondary N) is 1. The van der Waals surface area contributed by atoms with Crippen LogP contribution in [0.4, 0.5) is 0 Å². The average molecular weight is 515 g/mol. The van der Waals surface area contributed by atoms with Crippen LogP contribution in [-0.4, -0.2) is 106 Å². The minimum Gasteiger partial charge on any atom is -0.660 e. The number of hydrogen-bond donors (Lipinski definition) is 1. The van der Waals surface area contributed by atoms with Gasteiger partial charge in [0.2, 0.25) is 0 Å². The molecule has 35 heavy (non-hydrogen) atoms. The van der Waals surface area contributed by atoms with Gasteiger partial charge >= 0.3 is 51.4 Å². The number of nitrogens with zero attached hydrogens (tertiary/aromatic N) is 4. The van der Waals surface area contributed by atoms with Gasteiger partial charge in [-0.2, -0.15) is 0 Å². The molecular formula is C27H49KN5O2-. The molecule has 1 aromatic carbocycles. The molecule has 0 radical (unpaired) electrons. The first-order chi connectivity index (χ1) is 15.9. The van der Waals surface area contributed by atoms with Gasteiger partial charge in [-0.25, -0.2) is 0 Å². The smallest absolute Gasteiger partial charge is 0.660 e. The maximum absolute atomic E-state index is 12.1. The van der Waals surface area contributed by atoms with Crippen molar-refractivity contribution in [1.29, 1.82) is 0 Å². The normalized spacial score (nSPS) is 18.4. The Morgan fingerprint density at radius 3 is 2.20 bits per heavy atom. The largest absolute Gasteiger partial charge is 1.00 e. The fourth-order valence-electron chi connectivity index (χ4n) is 3.84. The summed E-state index contributed by atoms with van der Waals surface area (Å²) < 4.78 is 5.65. The van der Waals surface area contributed by atoms with Crippen molar-refractivity contribution in [1.82, 2.24) is 20.0 Å². The number of likely N-dealkylation sites (N-methyl/N-ethyl adjacent to an activating group) is 1. The second-order valence-corrected chi connectivity index (χ2v) is 9.37. The summed E-state index contributed by atoms with van der Waals surface area (Å²) in [5.41, 5.74) is 2.29. The van der Waals surface area contributed by atoms with Crippen molar-refractivity contribution in [2.24, 2.45) is 5.92 Å². The van der Waals surface area contributed by atoms with E-state index in [1.54, 1.807) is 0 Å². The van der Waals surface area contributed by atoms with Crippen molar-refractivity contribution in [2.45, 2.75) is 34.1 Å². The number of rotatable bonds is 5. The van der Waals surface area contributed by atoms with Crippen molar-refractivity contribution in [3.8, 4) is 5.75 Å². The van der Waals surface area contributed by atoms with Gasteiger partial charge in [0, 0.05) is 45.8 Å². The zero-order chi connectivity index (χ0) is 24.1. The van der Waals surface area contributed by atoms with E-state index in [0.717, 1.165) is 56.5 Å². The summed E-state index contributed by atoms with van der Waals surface area (Å²) in [5.74, 6) is 1.81. The summed E-state index contributed by atoms with van der Waals surface area (Å²) >= 11 is 0. The molecule has 196 valence electrons. The Labute approximate surface area is 258 Å². The summed E-state index contributed by atoms with van der Waals surface area (Å²) in [6.07, 6.45) is 1.25. The van der Waals surface area contributed by atoms with E-state index >= 15 is 0 Å². The van der Waals surface area contributed by atoms with Gasteiger partial charge in [0.05, 0.1) is 0 Å². The van der Waals surface area contributed by atoms with E-state index in [4.69, 9.17) is 4.74 Å². The van der Waals surface area contributed by atoms with Crippen LogP contribution in [-0.2, 0) is 4.79 Å². The van der Waals surface area contributed by atoms with E-state index < -0.39 is 0 Å². The van der Waals surface area contributed by atoms with E-state index in [9.17, 15) is 4.79 Å². The van der Waals surface area contributed by atoms with Crippen LogP contribution in [0.25, 0.3) is 5.32 Å². The fourth-order valence-corrected chi connectivity index (χ4v) is 3.84. The van der Waals surface area contributed by atoms with Crippen molar-refractivity contribution < 1.29 is 60.9 Å². The molecule has 3 saturated heterocycles. The second-order valence-electron chi connectivity index (χ2n) is 9.37. The van der Waals surface area contributed by atoms with Crippen LogP contribution in [0.3, 0.4) is 0 Å². The fraction of sp³-hybridized carbons (Fsp3) is 0.704. The monoisotopic (exact) mass is 514 g/mol. The quantitative estimate of drug-likeness (QED) is 0.450.